The fourth-order valence-electron chi connectivity index (χ4n) is 4.27. The average Bonchev–Trinajstić information content (AvgIpc) is 3.34. The third kappa shape index (κ3) is 5.17. The van der Waals surface area contributed by atoms with Crippen molar-refractivity contribution in [2.45, 2.75) is 25.3 Å². The van der Waals surface area contributed by atoms with Crippen LogP contribution in [-0.2, 0) is 11.2 Å². The van der Waals surface area contributed by atoms with Gasteiger partial charge in [0.15, 0.2) is 11.5 Å². The van der Waals surface area contributed by atoms with Crippen molar-refractivity contribution in [3.05, 3.63) is 89.5 Å². The highest BCUT2D eigenvalue weighted by atomic mass is 16.5. The topological polar surface area (TPSA) is 67.9 Å². The van der Waals surface area contributed by atoms with Crippen LogP contribution in [0.3, 0.4) is 0 Å². The Morgan fingerprint density at radius 3 is 2.36 bits per heavy atom. The first-order valence-electron chi connectivity index (χ1n) is 11.1. The van der Waals surface area contributed by atoms with E-state index in [0.29, 0.717) is 22.7 Å². The predicted octanol–water partition coefficient (Wildman–Crippen LogP) is 4.86. The molecule has 170 valence electrons. The molecule has 3 aromatic carbocycles. The Bertz CT molecular complexity index is 1110. The third-order valence-electron chi connectivity index (χ3n) is 5.93. The second-order valence-corrected chi connectivity index (χ2v) is 8.06. The number of nitrogens with zero attached hydrogens (tertiary/aromatic N) is 1. The van der Waals surface area contributed by atoms with E-state index in [9.17, 15) is 9.59 Å². The van der Waals surface area contributed by atoms with Crippen molar-refractivity contribution in [2.24, 2.45) is 0 Å². The Morgan fingerprint density at radius 1 is 0.939 bits per heavy atom. The molecule has 0 aliphatic carbocycles. The van der Waals surface area contributed by atoms with Gasteiger partial charge >= 0.3 is 0 Å². The molecule has 1 atom stereocenters. The van der Waals surface area contributed by atoms with Gasteiger partial charge in [0, 0.05) is 17.8 Å². The number of hydrogen-bond donors (Lipinski definition) is 1. The van der Waals surface area contributed by atoms with E-state index < -0.39 is 0 Å². The summed E-state index contributed by atoms with van der Waals surface area (Å²) < 4.78 is 10.5. The van der Waals surface area contributed by atoms with Gasteiger partial charge in [0.05, 0.1) is 26.7 Å². The maximum absolute atomic E-state index is 13.1. The number of anilines is 1. The second kappa shape index (κ2) is 10.2. The van der Waals surface area contributed by atoms with Gasteiger partial charge in [-0.15, -0.1) is 0 Å². The Labute approximate surface area is 194 Å². The molecule has 2 amide bonds. The molecule has 1 aliphatic rings. The number of ether oxygens (including phenoxy) is 2. The van der Waals surface area contributed by atoms with Crippen LogP contribution in [0.1, 0.15) is 40.4 Å². The molecule has 6 heteroatoms. The number of nitrogens with one attached hydrogen (secondary N) is 1. The number of rotatable bonds is 7. The molecule has 6 nitrogen and oxygen atoms in total. The van der Waals surface area contributed by atoms with Gasteiger partial charge < -0.3 is 19.7 Å². The van der Waals surface area contributed by atoms with Crippen molar-refractivity contribution in [1.29, 1.82) is 0 Å². The minimum absolute atomic E-state index is 0.0181. The van der Waals surface area contributed by atoms with E-state index in [4.69, 9.17) is 9.47 Å². The van der Waals surface area contributed by atoms with Crippen molar-refractivity contribution in [3.63, 3.8) is 0 Å². The highest BCUT2D eigenvalue weighted by Gasteiger charge is 2.30. The molecule has 1 N–H and O–H groups in total. The van der Waals surface area contributed by atoms with Crippen LogP contribution in [-0.4, -0.2) is 37.5 Å². The lowest BCUT2D eigenvalue weighted by atomic mass is 10.0. The van der Waals surface area contributed by atoms with Gasteiger partial charge in [0.2, 0.25) is 5.91 Å². The first kappa shape index (κ1) is 22.4. The van der Waals surface area contributed by atoms with Crippen LogP contribution in [0.5, 0.6) is 11.5 Å². The summed E-state index contributed by atoms with van der Waals surface area (Å²) in [6.45, 7) is 0.752. The molecule has 1 saturated heterocycles. The molecule has 1 aliphatic heterocycles. The summed E-state index contributed by atoms with van der Waals surface area (Å²) >= 11 is 0. The Morgan fingerprint density at radius 2 is 1.67 bits per heavy atom. The van der Waals surface area contributed by atoms with Crippen molar-refractivity contribution < 1.29 is 19.1 Å². The summed E-state index contributed by atoms with van der Waals surface area (Å²) in [7, 11) is 3.14. The van der Waals surface area contributed by atoms with Crippen LogP contribution in [0.25, 0.3) is 0 Å². The highest BCUT2D eigenvalue weighted by molar-refractivity contribution is 5.96. The Kier molecular flexibility index (Phi) is 6.93. The lowest BCUT2D eigenvalue weighted by Crippen LogP contribution is -2.30. The standard InChI is InChI=1S/C27H28N2O4/c1-32-24-15-10-19(17-25(24)33-2)18-26(30)28-22-13-11-21(12-14-22)27(31)29-16-6-9-23(29)20-7-4-3-5-8-20/h3-5,7-8,10-15,17,23H,6,9,16,18H2,1-2H3,(H,28,30). The van der Waals surface area contributed by atoms with Crippen LogP contribution in [0.15, 0.2) is 72.8 Å². The minimum atomic E-state index is -0.148. The molecule has 0 aromatic heterocycles. The first-order valence-corrected chi connectivity index (χ1v) is 11.1. The molecule has 0 saturated carbocycles. The Balaban J connectivity index is 1.39. The summed E-state index contributed by atoms with van der Waals surface area (Å²) in [6, 6.07) is 22.8. The summed E-state index contributed by atoms with van der Waals surface area (Å²) in [4.78, 5) is 27.6. The summed E-state index contributed by atoms with van der Waals surface area (Å²) in [5.41, 5.74) is 3.26. The zero-order valence-electron chi connectivity index (χ0n) is 18.9. The molecule has 1 unspecified atom stereocenters. The van der Waals surface area contributed by atoms with E-state index in [0.717, 1.165) is 24.9 Å². The summed E-state index contributed by atoms with van der Waals surface area (Å²) in [5.74, 6) is 1.07. The van der Waals surface area contributed by atoms with Gasteiger partial charge in [-0.3, -0.25) is 9.59 Å². The number of hydrogen-bond acceptors (Lipinski definition) is 4. The molecule has 33 heavy (non-hydrogen) atoms. The van der Waals surface area contributed by atoms with Gasteiger partial charge in [-0.25, -0.2) is 0 Å². The molecule has 3 aromatic rings. The number of benzene rings is 3. The van der Waals surface area contributed by atoms with E-state index in [2.05, 4.69) is 17.4 Å². The maximum Gasteiger partial charge on any atom is 0.254 e. The number of amides is 2. The van der Waals surface area contributed by atoms with Crippen LogP contribution in [0, 0.1) is 0 Å². The number of methoxy groups -OCH3 is 2. The molecule has 0 bridgehead atoms. The zero-order chi connectivity index (χ0) is 23.2. The van der Waals surface area contributed by atoms with Crippen LogP contribution in [0.2, 0.25) is 0 Å². The molecular weight excluding hydrogens is 416 g/mol. The SMILES string of the molecule is COc1ccc(CC(=O)Nc2ccc(C(=O)N3CCCC3c3ccccc3)cc2)cc1OC. The quantitative estimate of drug-likeness (QED) is 0.565. The van der Waals surface area contributed by atoms with Crippen LogP contribution < -0.4 is 14.8 Å². The minimum Gasteiger partial charge on any atom is -0.493 e. The van der Waals surface area contributed by atoms with Crippen molar-refractivity contribution in [1.82, 2.24) is 4.90 Å². The lowest BCUT2D eigenvalue weighted by Gasteiger charge is -2.25. The first-order chi connectivity index (χ1) is 16.1. The van der Waals surface area contributed by atoms with Crippen LogP contribution in [0.4, 0.5) is 5.69 Å². The van der Waals surface area contributed by atoms with Gasteiger partial charge in [-0.05, 0) is 60.4 Å². The maximum atomic E-state index is 13.1. The van der Waals surface area contributed by atoms with Crippen LogP contribution >= 0.6 is 0 Å². The largest absolute Gasteiger partial charge is 0.493 e. The van der Waals surface area contributed by atoms with Gasteiger partial charge in [-0.2, -0.15) is 0 Å². The molecule has 1 fully saturated rings. The number of carbonyl (C=O) groups is 2. The van der Waals surface area contributed by atoms with Gasteiger partial charge in [0.25, 0.3) is 5.91 Å². The number of likely N-dealkylation sites (tertiary alicyclic amines) is 1. The van der Waals surface area contributed by atoms with Gasteiger partial charge in [-0.1, -0.05) is 36.4 Å². The van der Waals surface area contributed by atoms with E-state index in [-0.39, 0.29) is 24.3 Å². The molecule has 0 radical (unpaired) electrons. The Hall–Kier alpha value is -3.80. The molecule has 4 rings (SSSR count). The summed E-state index contributed by atoms with van der Waals surface area (Å²) in [5, 5.41) is 2.89. The average molecular weight is 445 g/mol. The zero-order valence-corrected chi connectivity index (χ0v) is 18.9. The summed E-state index contributed by atoms with van der Waals surface area (Å²) in [6.07, 6.45) is 2.17. The van der Waals surface area contributed by atoms with E-state index >= 15 is 0 Å². The van der Waals surface area contributed by atoms with Crippen molar-refractivity contribution in [3.8, 4) is 11.5 Å². The van der Waals surface area contributed by atoms with E-state index in [1.807, 2.05) is 29.2 Å². The van der Waals surface area contributed by atoms with Gasteiger partial charge in [0.1, 0.15) is 0 Å². The third-order valence-corrected chi connectivity index (χ3v) is 5.93. The second-order valence-electron chi connectivity index (χ2n) is 8.06. The molecule has 0 spiro atoms. The monoisotopic (exact) mass is 444 g/mol. The van der Waals surface area contributed by atoms with Crippen molar-refractivity contribution in [2.75, 3.05) is 26.1 Å². The number of carbonyl (C=O) groups excluding carboxylic acids is 2. The normalized spacial score (nSPS) is 15.2. The smallest absolute Gasteiger partial charge is 0.254 e. The molecule has 1 heterocycles. The predicted molar refractivity (Wildman–Crippen MR) is 128 cm³/mol. The fourth-order valence-corrected chi connectivity index (χ4v) is 4.27. The highest BCUT2D eigenvalue weighted by Crippen LogP contribution is 2.33. The van der Waals surface area contributed by atoms with E-state index in [1.165, 1.54) is 5.56 Å². The lowest BCUT2D eigenvalue weighted by molar-refractivity contribution is -0.115. The fraction of sp³-hybridized carbons (Fsp3) is 0.259. The molecular formula is C27H28N2O4. The van der Waals surface area contributed by atoms with Crippen molar-refractivity contribution >= 4 is 17.5 Å². The van der Waals surface area contributed by atoms with E-state index in [1.54, 1.807) is 50.6 Å².